The molecule has 112 valence electrons. The maximum absolute atomic E-state index is 11.6. The zero-order valence-electron chi connectivity index (χ0n) is 10.7. The number of carbonyl (C=O) groups excluding carboxylic acids is 3. The van der Waals surface area contributed by atoms with Gasteiger partial charge in [-0.15, -0.1) is 0 Å². The summed E-state index contributed by atoms with van der Waals surface area (Å²) < 4.78 is 0.163. The molecule has 1 aromatic carbocycles. The van der Waals surface area contributed by atoms with Gasteiger partial charge in [-0.1, -0.05) is 34.7 Å². The molecule has 0 heterocycles. The minimum atomic E-state index is -1.19. The minimum Gasteiger partial charge on any atom is -0.478 e. The van der Waals surface area contributed by atoms with Crippen LogP contribution in [-0.4, -0.2) is 33.2 Å². The monoisotopic (exact) mass is 405 g/mol. The normalized spacial score (nSPS) is 9.57. The molecule has 9 heteroatoms. The summed E-state index contributed by atoms with van der Waals surface area (Å²) in [6.07, 6.45) is -0.546. The van der Waals surface area contributed by atoms with E-state index in [4.69, 9.17) is 5.11 Å². The molecule has 0 fully saturated rings. The lowest BCUT2D eigenvalue weighted by Gasteiger charge is -2.09. The smallest absolute Gasteiger partial charge is 0.337 e. The van der Waals surface area contributed by atoms with Gasteiger partial charge < -0.3 is 10.4 Å². The van der Waals surface area contributed by atoms with Crippen LogP contribution in [0.4, 0.5) is 5.69 Å². The van der Waals surface area contributed by atoms with Crippen molar-refractivity contribution < 1.29 is 24.3 Å². The Balaban J connectivity index is 2.56. The van der Waals surface area contributed by atoms with Gasteiger partial charge in [-0.3, -0.25) is 25.2 Å². The van der Waals surface area contributed by atoms with Crippen molar-refractivity contribution in [2.75, 3.05) is 9.74 Å². The number of carboxylic acid groups (broad SMARTS) is 1. The third-order valence-corrected chi connectivity index (χ3v) is 2.91. The van der Waals surface area contributed by atoms with Gasteiger partial charge in [0.25, 0.3) is 0 Å². The predicted octanol–water partition coefficient (Wildman–Crippen LogP) is 0.296. The van der Waals surface area contributed by atoms with E-state index in [0.29, 0.717) is 0 Å². The Morgan fingerprint density at radius 3 is 2.24 bits per heavy atom. The van der Waals surface area contributed by atoms with Crippen molar-refractivity contribution in [3.05, 3.63) is 29.8 Å². The van der Waals surface area contributed by atoms with Crippen molar-refractivity contribution in [1.29, 1.82) is 0 Å². The van der Waals surface area contributed by atoms with Crippen molar-refractivity contribution in [2.24, 2.45) is 0 Å². The molecular formula is C12H12IN3O5. The molecule has 8 nitrogen and oxygen atoms in total. The molecule has 0 atom stereocenters. The maximum atomic E-state index is 11.6. The summed E-state index contributed by atoms with van der Waals surface area (Å²) in [6.45, 7) is 0. The van der Waals surface area contributed by atoms with Gasteiger partial charge in [-0.05, 0) is 12.1 Å². The number of halogens is 1. The Kier molecular flexibility index (Phi) is 6.59. The van der Waals surface area contributed by atoms with Crippen LogP contribution in [-0.2, 0) is 14.4 Å². The molecule has 0 radical (unpaired) electrons. The molecular weight excluding hydrogens is 393 g/mol. The number of rotatable bonds is 5. The van der Waals surface area contributed by atoms with Crippen LogP contribution in [0.2, 0.25) is 0 Å². The van der Waals surface area contributed by atoms with Crippen LogP contribution in [0.3, 0.4) is 0 Å². The van der Waals surface area contributed by atoms with Crippen molar-refractivity contribution in [2.45, 2.75) is 6.42 Å². The first kappa shape index (κ1) is 16.9. The van der Waals surface area contributed by atoms with E-state index < -0.39 is 30.1 Å². The van der Waals surface area contributed by atoms with E-state index in [0.717, 1.165) is 0 Å². The standard InChI is InChI=1S/C12H12IN3O5/c13-6-11(19)16-15-10(18)5-9(17)14-8-4-2-1-3-7(8)12(20)21/h1-4H,5-6H2,(H,14,17)(H,15,18)(H,16,19)(H,20,21). The highest BCUT2D eigenvalue weighted by atomic mass is 127. The SMILES string of the molecule is O=C(CI)NNC(=O)CC(=O)Nc1ccccc1C(=O)O. The molecule has 0 saturated carbocycles. The molecule has 4 N–H and O–H groups in total. The zero-order chi connectivity index (χ0) is 15.8. The quantitative estimate of drug-likeness (QED) is 0.243. The van der Waals surface area contributed by atoms with E-state index in [2.05, 4.69) is 16.2 Å². The Morgan fingerprint density at radius 2 is 1.62 bits per heavy atom. The van der Waals surface area contributed by atoms with E-state index >= 15 is 0 Å². The molecule has 0 aliphatic rings. The van der Waals surface area contributed by atoms with Crippen molar-refractivity contribution in [3.63, 3.8) is 0 Å². The number of amides is 3. The predicted molar refractivity (Wildman–Crippen MR) is 81.8 cm³/mol. The van der Waals surface area contributed by atoms with E-state index in [1.807, 2.05) is 22.6 Å². The second kappa shape index (κ2) is 8.19. The average Bonchev–Trinajstić information content (AvgIpc) is 2.44. The topological polar surface area (TPSA) is 125 Å². The van der Waals surface area contributed by atoms with Crippen LogP contribution in [0.25, 0.3) is 0 Å². The van der Waals surface area contributed by atoms with Gasteiger partial charge in [0.1, 0.15) is 6.42 Å². The fourth-order valence-corrected chi connectivity index (χ4v) is 1.53. The molecule has 21 heavy (non-hydrogen) atoms. The first-order chi connectivity index (χ1) is 9.93. The average molecular weight is 405 g/mol. The number of hydrogen-bond acceptors (Lipinski definition) is 4. The van der Waals surface area contributed by atoms with Crippen LogP contribution in [0, 0.1) is 0 Å². The number of carbonyl (C=O) groups is 4. The maximum Gasteiger partial charge on any atom is 0.337 e. The second-order valence-corrected chi connectivity index (χ2v) is 4.57. The minimum absolute atomic E-state index is 0.0792. The lowest BCUT2D eigenvalue weighted by molar-refractivity contribution is -0.130. The Morgan fingerprint density at radius 1 is 1.00 bits per heavy atom. The van der Waals surface area contributed by atoms with E-state index in [1.54, 1.807) is 6.07 Å². The first-order valence-electron chi connectivity index (χ1n) is 5.70. The summed E-state index contributed by atoms with van der Waals surface area (Å²) in [7, 11) is 0. The molecule has 0 aromatic heterocycles. The molecule has 0 saturated heterocycles. The third-order valence-electron chi connectivity index (χ3n) is 2.22. The zero-order valence-corrected chi connectivity index (χ0v) is 12.8. The van der Waals surface area contributed by atoms with Crippen molar-refractivity contribution in [3.8, 4) is 0 Å². The van der Waals surface area contributed by atoms with Crippen molar-refractivity contribution >= 4 is 52.0 Å². The Labute approximate surface area is 133 Å². The fraction of sp³-hybridized carbons (Fsp3) is 0.167. The number of aromatic carboxylic acids is 1. The number of para-hydroxylation sites is 1. The lowest BCUT2D eigenvalue weighted by Crippen LogP contribution is -2.43. The number of anilines is 1. The largest absolute Gasteiger partial charge is 0.478 e. The van der Waals surface area contributed by atoms with E-state index in [1.165, 1.54) is 18.2 Å². The Bertz CT molecular complexity index is 576. The summed E-state index contributed by atoms with van der Waals surface area (Å²) in [6, 6.07) is 5.82. The number of hydrogen-bond donors (Lipinski definition) is 4. The number of carboxylic acids is 1. The van der Waals surface area contributed by atoms with Gasteiger partial charge in [0.15, 0.2) is 0 Å². The summed E-state index contributed by atoms with van der Waals surface area (Å²) >= 11 is 1.81. The van der Waals surface area contributed by atoms with Gasteiger partial charge in [-0.25, -0.2) is 4.79 Å². The molecule has 1 aromatic rings. The van der Waals surface area contributed by atoms with Gasteiger partial charge in [0.05, 0.1) is 15.7 Å². The highest BCUT2D eigenvalue weighted by Crippen LogP contribution is 2.14. The van der Waals surface area contributed by atoms with Crippen LogP contribution < -0.4 is 16.2 Å². The highest BCUT2D eigenvalue weighted by molar-refractivity contribution is 14.1. The summed E-state index contributed by atoms with van der Waals surface area (Å²) in [5.74, 6) is -2.99. The lowest BCUT2D eigenvalue weighted by atomic mass is 10.2. The molecule has 0 spiro atoms. The molecule has 0 bridgehead atoms. The van der Waals surface area contributed by atoms with Gasteiger partial charge in [0.2, 0.25) is 17.7 Å². The van der Waals surface area contributed by atoms with Crippen LogP contribution in [0.5, 0.6) is 0 Å². The second-order valence-electron chi connectivity index (χ2n) is 3.81. The molecule has 3 amide bonds. The van der Waals surface area contributed by atoms with Crippen LogP contribution in [0.1, 0.15) is 16.8 Å². The molecule has 1 rings (SSSR count). The van der Waals surface area contributed by atoms with E-state index in [9.17, 15) is 19.2 Å². The van der Waals surface area contributed by atoms with Gasteiger partial charge in [-0.2, -0.15) is 0 Å². The summed E-state index contributed by atoms with van der Waals surface area (Å²) in [5, 5.41) is 11.3. The number of hydrazine groups is 1. The summed E-state index contributed by atoms with van der Waals surface area (Å²) in [5.41, 5.74) is 4.20. The van der Waals surface area contributed by atoms with Crippen LogP contribution in [0.15, 0.2) is 24.3 Å². The first-order valence-corrected chi connectivity index (χ1v) is 7.22. The number of nitrogens with one attached hydrogen (secondary N) is 3. The molecule has 0 aliphatic heterocycles. The van der Waals surface area contributed by atoms with Crippen LogP contribution >= 0.6 is 22.6 Å². The third kappa shape index (κ3) is 5.77. The van der Waals surface area contributed by atoms with Crippen molar-refractivity contribution in [1.82, 2.24) is 10.9 Å². The number of benzene rings is 1. The summed E-state index contributed by atoms with van der Waals surface area (Å²) in [4.78, 5) is 44.9. The molecule has 0 aliphatic carbocycles. The number of alkyl halides is 1. The molecule has 0 unspecified atom stereocenters. The Hall–Kier alpha value is -2.17. The van der Waals surface area contributed by atoms with E-state index in [-0.39, 0.29) is 15.7 Å². The highest BCUT2D eigenvalue weighted by Gasteiger charge is 2.14. The van der Waals surface area contributed by atoms with Gasteiger partial charge in [0, 0.05) is 0 Å². The fourth-order valence-electron chi connectivity index (χ4n) is 1.34. The van der Waals surface area contributed by atoms with Gasteiger partial charge >= 0.3 is 5.97 Å².